The van der Waals surface area contributed by atoms with E-state index >= 15 is 0 Å². The Kier molecular flexibility index (Phi) is 3.44. The van der Waals surface area contributed by atoms with Gasteiger partial charge in [-0.05, 0) is 38.0 Å². The predicted molar refractivity (Wildman–Crippen MR) is 54.3 cm³/mol. The summed E-state index contributed by atoms with van der Waals surface area (Å²) < 4.78 is 0.167. The standard InChI is InChI=1S/C9H19NOS/c1-3-7(6-10)8(11)9(12-2)4-5-9/h7-8,11H,3-6,10H2,1-2H3. The van der Waals surface area contributed by atoms with E-state index in [2.05, 4.69) is 13.2 Å². The first-order chi connectivity index (χ1) is 5.70. The first-order valence-corrected chi connectivity index (χ1v) is 5.86. The Bertz CT molecular complexity index is 143. The second-order valence-electron chi connectivity index (χ2n) is 3.62. The fourth-order valence-electron chi connectivity index (χ4n) is 1.69. The summed E-state index contributed by atoms with van der Waals surface area (Å²) in [6, 6.07) is 0. The Morgan fingerprint density at radius 3 is 2.42 bits per heavy atom. The number of hydrogen-bond donors (Lipinski definition) is 2. The molecule has 0 aromatic rings. The monoisotopic (exact) mass is 189 g/mol. The lowest BCUT2D eigenvalue weighted by Gasteiger charge is -2.27. The molecule has 1 rings (SSSR count). The van der Waals surface area contributed by atoms with E-state index in [1.54, 1.807) is 11.8 Å². The van der Waals surface area contributed by atoms with Crippen LogP contribution in [-0.2, 0) is 0 Å². The highest BCUT2D eigenvalue weighted by Gasteiger charge is 2.50. The maximum absolute atomic E-state index is 10.00. The molecule has 1 fully saturated rings. The highest BCUT2D eigenvalue weighted by molar-refractivity contribution is 8.00. The smallest absolute Gasteiger partial charge is 0.0726 e. The summed E-state index contributed by atoms with van der Waals surface area (Å²) in [6.07, 6.45) is 5.19. The van der Waals surface area contributed by atoms with Crippen LogP contribution in [0.2, 0.25) is 0 Å². The highest BCUT2D eigenvalue weighted by atomic mass is 32.2. The molecule has 0 aromatic carbocycles. The van der Waals surface area contributed by atoms with Crippen molar-refractivity contribution >= 4 is 11.8 Å². The van der Waals surface area contributed by atoms with Crippen molar-refractivity contribution in [2.75, 3.05) is 12.8 Å². The van der Waals surface area contributed by atoms with E-state index in [-0.39, 0.29) is 10.9 Å². The molecule has 1 aliphatic rings. The zero-order valence-electron chi connectivity index (χ0n) is 7.92. The van der Waals surface area contributed by atoms with Gasteiger partial charge in [0.25, 0.3) is 0 Å². The van der Waals surface area contributed by atoms with Crippen LogP contribution >= 0.6 is 11.8 Å². The minimum absolute atomic E-state index is 0.167. The first-order valence-electron chi connectivity index (χ1n) is 4.63. The Balaban J connectivity index is 2.50. The molecule has 2 unspecified atom stereocenters. The second kappa shape index (κ2) is 3.99. The Hall–Kier alpha value is 0.270. The molecule has 0 heterocycles. The van der Waals surface area contributed by atoms with Gasteiger partial charge < -0.3 is 10.8 Å². The number of aliphatic hydroxyl groups excluding tert-OH is 1. The minimum Gasteiger partial charge on any atom is -0.391 e. The van der Waals surface area contributed by atoms with Crippen molar-refractivity contribution in [1.29, 1.82) is 0 Å². The van der Waals surface area contributed by atoms with Crippen molar-refractivity contribution in [2.24, 2.45) is 11.7 Å². The molecule has 0 amide bonds. The van der Waals surface area contributed by atoms with E-state index in [9.17, 15) is 5.11 Å². The molecule has 72 valence electrons. The third-order valence-corrected chi connectivity index (χ3v) is 4.42. The van der Waals surface area contributed by atoms with Gasteiger partial charge in [-0.25, -0.2) is 0 Å². The molecule has 1 aliphatic carbocycles. The van der Waals surface area contributed by atoms with E-state index in [0.29, 0.717) is 12.5 Å². The fourth-order valence-corrected chi connectivity index (χ4v) is 2.64. The summed E-state index contributed by atoms with van der Waals surface area (Å²) in [5.74, 6) is 0.292. The summed E-state index contributed by atoms with van der Waals surface area (Å²) >= 11 is 1.80. The van der Waals surface area contributed by atoms with Gasteiger partial charge in [0.2, 0.25) is 0 Å². The Morgan fingerprint density at radius 2 is 2.17 bits per heavy atom. The molecule has 1 saturated carbocycles. The molecule has 3 N–H and O–H groups in total. The molecule has 0 bridgehead atoms. The van der Waals surface area contributed by atoms with Crippen LogP contribution in [0.15, 0.2) is 0 Å². The molecule has 2 atom stereocenters. The zero-order chi connectivity index (χ0) is 9.19. The summed E-state index contributed by atoms with van der Waals surface area (Å²) in [6.45, 7) is 2.71. The normalized spacial score (nSPS) is 25.0. The minimum atomic E-state index is -0.192. The van der Waals surface area contributed by atoms with Crippen molar-refractivity contribution in [3.05, 3.63) is 0 Å². The van der Waals surface area contributed by atoms with E-state index in [1.165, 1.54) is 0 Å². The first kappa shape index (κ1) is 10.4. The maximum atomic E-state index is 10.00. The van der Waals surface area contributed by atoms with Gasteiger partial charge in [-0.2, -0.15) is 11.8 Å². The van der Waals surface area contributed by atoms with Gasteiger partial charge in [-0.1, -0.05) is 6.92 Å². The zero-order valence-corrected chi connectivity index (χ0v) is 8.73. The van der Waals surface area contributed by atoms with Crippen LogP contribution in [0.1, 0.15) is 26.2 Å². The third kappa shape index (κ3) is 1.78. The maximum Gasteiger partial charge on any atom is 0.0726 e. The topological polar surface area (TPSA) is 46.2 Å². The Labute approximate surface area is 78.9 Å². The summed E-state index contributed by atoms with van der Waals surface area (Å²) in [7, 11) is 0. The molecule has 3 heteroatoms. The largest absolute Gasteiger partial charge is 0.391 e. The van der Waals surface area contributed by atoms with Crippen molar-refractivity contribution in [2.45, 2.75) is 37.0 Å². The lowest BCUT2D eigenvalue weighted by atomic mass is 9.96. The quantitative estimate of drug-likeness (QED) is 0.684. The van der Waals surface area contributed by atoms with Crippen molar-refractivity contribution < 1.29 is 5.11 Å². The van der Waals surface area contributed by atoms with Crippen LogP contribution < -0.4 is 5.73 Å². The molecule has 0 saturated heterocycles. The number of hydrogen-bond acceptors (Lipinski definition) is 3. The second-order valence-corrected chi connectivity index (χ2v) is 4.84. The van der Waals surface area contributed by atoms with E-state index in [0.717, 1.165) is 19.3 Å². The molecule has 12 heavy (non-hydrogen) atoms. The van der Waals surface area contributed by atoms with Crippen molar-refractivity contribution in [1.82, 2.24) is 0 Å². The summed E-state index contributed by atoms with van der Waals surface area (Å²) in [4.78, 5) is 0. The number of nitrogens with two attached hydrogens (primary N) is 1. The van der Waals surface area contributed by atoms with Crippen LogP contribution in [0.4, 0.5) is 0 Å². The Morgan fingerprint density at radius 1 is 1.58 bits per heavy atom. The summed E-state index contributed by atoms with van der Waals surface area (Å²) in [5.41, 5.74) is 5.59. The molecule has 0 aromatic heterocycles. The highest BCUT2D eigenvalue weighted by Crippen LogP contribution is 2.51. The van der Waals surface area contributed by atoms with Gasteiger partial charge in [0, 0.05) is 4.75 Å². The van der Waals surface area contributed by atoms with Crippen LogP contribution in [0.25, 0.3) is 0 Å². The fraction of sp³-hybridized carbons (Fsp3) is 1.00. The lowest BCUT2D eigenvalue weighted by Crippen LogP contribution is -2.36. The average Bonchev–Trinajstić information content (AvgIpc) is 2.86. The van der Waals surface area contributed by atoms with Crippen LogP contribution in [0.3, 0.4) is 0 Å². The average molecular weight is 189 g/mol. The number of rotatable bonds is 5. The molecular formula is C9H19NOS. The van der Waals surface area contributed by atoms with Crippen LogP contribution in [-0.4, -0.2) is 28.8 Å². The summed E-state index contributed by atoms with van der Waals surface area (Å²) in [5, 5.41) is 10.00. The third-order valence-electron chi connectivity index (χ3n) is 2.96. The molecule has 0 radical (unpaired) electrons. The predicted octanol–water partition coefficient (Wildman–Crippen LogP) is 1.23. The molecule has 2 nitrogen and oxygen atoms in total. The lowest BCUT2D eigenvalue weighted by molar-refractivity contribution is 0.0998. The van der Waals surface area contributed by atoms with Gasteiger partial charge in [0.1, 0.15) is 0 Å². The molecule has 0 aliphatic heterocycles. The van der Waals surface area contributed by atoms with Gasteiger partial charge in [-0.3, -0.25) is 0 Å². The van der Waals surface area contributed by atoms with Gasteiger partial charge in [0.15, 0.2) is 0 Å². The van der Waals surface area contributed by atoms with E-state index in [1.807, 2.05) is 0 Å². The van der Waals surface area contributed by atoms with E-state index in [4.69, 9.17) is 5.73 Å². The van der Waals surface area contributed by atoms with Gasteiger partial charge in [0.05, 0.1) is 6.10 Å². The van der Waals surface area contributed by atoms with Crippen molar-refractivity contribution in [3.63, 3.8) is 0 Å². The molecule has 0 spiro atoms. The van der Waals surface area contributed by atoms with Gasteiger partial charge in [-0.15, -0.1) is 0 Å². The van der Waals surface area contributed by atoms with Crippen molar-refractivity contribution in [3.8, 4) is 0 Å². The van der Waals surface area contributed by atoms with Gasteiger partial charge >= 0.3 is 0 Å². The van der Waals surface area contributed by atoms with Crippen LogP contribution in [0.5, 0.6) is 0 Å². The number of aliphatic hydroxyl groups is 1. The SMILES string of the molecule is CCC(CN)C(O)C1(SC)CC1. The van der Waals surface area contributed by atoms with Crippen LogP contribution in [0, 0.1) is 5.92 Å². The molecular weight excluding hydrogens is 170 g/mol. The number of thioether (sulfide) groups is 1. The van der Waals surface area contributed by atoms with E-state index < -0.39 is 0 Å².